The molecule has 1 rings (SSSR count). The minimum atomic E-state index is -0.809. The maximum Gasteiger partial charge on any atom is 0.159 e. The van der Waals surface area contributed by atoms with Crippen LogP contribution in [0.2, 0.25) is 0 Å². The monoisotopic (exact) mass is 229 g/mol. The van der Waals surface area contributed by atoms with Gasteiger partial charge in [-0.15, -0.1) is 0 Å². The Morgan fingerprint density at radius 3 is 2.69 bits per heavy atom. The van der Waals surface area contributed by atoms with Crippen LogP contribution in [0.4, 0.5) is 8.78 Å². The molecule has 0 aromatic heterocycles. The molecule has 1 atom stereocenters. The Labute approximate surface area is 94.6 Å². The van der Waals surface area contributed by atoms with Gasteiger partial charge in [0.15, 0.2) is 11.6 Å². The third-order valence-corrected chi connectivity index (χ3v) is 2.26. The van der Waals surface area contributed by atoms with Gasteiger partial charge in [-0.2, -0.15) is 0 Å². The van der Waals surface area contributed by atoms with Crippen molar-refractivity contribution in [1.82, 2.24) is 5.32 Å². The molecule has 0 amide bonds. The van der Waals surface area contributed by atoms with E-state index in [4.69, 9.17) is 4.74 Å². The number of benzene rings is 1. The average molecular weight is 229 g/mol. The molecule has 4 heteroatoms. The topological polar surface area (TPSA) is 21.3 Å². The van der Waals surface area contributed by atoms with Gasteiger partial charge in [0.25, 0.3) is 0 Å². The van der Waals surface area contributed by atoms with Crippen molar-refractivity contribution in [3.8, 4) is 0 Å². The van der Waals surface area contributed by atoms with Crippen LogP contribution < -0.4 is 5.32 Å². The van der Waals surface area contributed by atoms with E-state index in [-0.39, 0.29) is 0 Å². The van der Waals surface area contributed by atoms with Crippen LogP contribution in [0.15, 0.2) is 18.2 Å². The summed E-state index contributed by atoms with van der Waals surface area (Å²) in [5.74, 6) is -1.21. The highest BCUT2D eigenvalue weighted by atomic mass is 19.2. The summed E-state index contributed by atoms with van der Waals surface area (Å²) < 4.78 is 30.5. The van der Waals surface area contributed by atoms with Crippen LogP contribution in [0.1, 0.15) is 12.5 Å². The van der Waals surface area contributed by atoms with Crippen LogP contribution in [0, 0.1) is 17.6 Å². The first-order valence-corrected chi connectivity index (χ1v) is 5.27. The Morgan fingerprint density at radius 2 is 2.06 bits per heavy atom. The Balaban J connectivity index is 2.34. The summed E-state index contributed by atoms with van der Waals surface area (Å²) >= 11 is 0. The standard InChI is InChI=1S/C12H17F2NO/c1-9(8-16-2)6-15-7-10-3-4-11(13)12(14)5-10/h3-5,9,15H,6-8H2,1-2H3. The van der Waals surface area contributed by atoms with Crippen molar-refractivity contribution < 1.29 is 13.5 Å². The molecule has 0 radical (unpaired) electrons. The van der Waals surface area contributed by atoms with Crippen molar-refractivity contribution in [2.45, 2.75) is 13.5 Å². The zero-order valence-electron chi connectivity index (χ0n) is 9.59. The summed E-state index contributed by atoms with van der Waals surface area (Å²) in [5, 5.41) is 3.16. The number of hydrogen-bond acceptors (Lipinski definition) is 2. The minimum absolute atomic E-state index is 0.398. The van der Waals surface area contributed by atoms with Gasteiger partial charge in [0, 0.05) is 26.8 Å². The molecule has 0 aliphatic carbocycles. The van der Waals surface area contributed by atoms with E-state index >= 15 is 0 Å². The first kappa shape index (κ1) is 13.1. The predicted octanol–water partition coefficient (Wildman–Crippen LogP) is 2.34. The van der Waals surface area contributed by atoms with Crippen molar-refractivity contribution in [3.63, 3.8) is 0 Å². The summed E-state index contributed by atoms with van der Waals surface area (Å²) in [6.07, 6.45) is 0. The molecule has 2 nitrogen and oxygen atoms in total. The molecule has 0 saturated carbocycles. The van der Waals surface area contributed by atoms with E-state index in [1.165, 1.54) is 6.07 Å². The van der Waals surface area contributed by atoms with Crippen LogP contribution in [0.5, 0.6) is 0 Å². The van der Waals surface area contributed by atoms with E-state index in [0.29, 0.717) is 19.1 Å². The van der Waals surface area contributed by atoms with E-state index < -0.39 is 11.6 Å². The minimum Gasteiger partial charge on any atom is -0.384 e. The van der Waals surface area contributed by atoms with Crippen LogP contribution in [-0.2, 0) is 11.3 Å². The molecule has 0 spiro atoms. The van der Waals surface area contributed by atoms with E-state index in [2.05, 4.69) is 12.2 Å². The summed E-state index contributed by atoms with van der Waals surface area (Å²) in [6.45, 7) is 4.06. The highest BCUT2D eigenvalue weighted by molar-refractivity contribution is 5.17. The molecule has 0 bridgehead atoms. The molecule has 1 aromatic rings. The Bertz CT molecular complexity index is 331. The first-order chi connectivity index (χ1) is 7.63. The molecule has 0 aliphatic heterocycles. The molecule has 1 aromatic carbocycles. The predicted molar refractivity (Wildman–Crippen MR) is 59.1 cm³/mol. The summed E-state index contributed by atoms with van der Waals surface area (Å²) in [4.78, 5) is 0. The molecule has 1 unspecified atom stereocenters. The maximum absolute atomic E-state index is 12.9. The van der Waals surface area contributed by atoms with Crippen molar-refractivity contribution in [2.24, 2.45) is 5.92 Å². The summed E-state index contributed by atoms with van der Waals surface area (Å²) in [7, 11) is 1.66. The number of rotatable bonds is 6. The van der Waals surface area contributed by atoms with E-state index in [0.717, 1.165) is 18.2 Å². The average Bonchev–Trinajstić information content (AvgIpc) is 2.24. The molecule has 0 aliphatic rings. The lowest BCUT2D eigenvalue weighted by Crippen LogP contribution is -2.23. The number of ether oxygens (including phenoxy) is 1. The highest BCUT2D eigenvalue weighted by Crippen LogP contribution is 2.08. The van der Waals surface area contributed by atoms with Gasteiger partial charge in [-0.3, -0.25) is 0 Å². The number of nitrogens with one attached hydrogen (secondary N) is 1. The van der Waals surface area contributed by atoms with Crippen LogP contribution in [0.25, 0.3) is 0 Å². The molecule has 0 fully saturated rings. The van der Waals surface area contributed by atoms with Crippen molar-refractivity contribution in [3.05, 3.63) is 35.4 Å². The number of methoxy groups -OCH3 is 1. The van der Waals surface area contributed by atoms with Gasteiger partial charge in [0.05, 0.1) is 0 Å². The smallest absolute Gasteiger partial charge is 0.159 e. The number of hydrogen-bond donors (Lipinski definition) is 1. The van der Waals surface area contributed by atoms with E-state index in [9.17, 15) is 8.78 Å². The molecule has 0 saturated heterocycles. The zero-order chi connectivity index (χ0) is 12.0. The van der Waals surface area contributed by atoms with E-state index in [1.807, 2.05) is 0 Å². The Morgan fingerprint density at radius 1 is 1.31 bits per heavy atom. The zero-order valence-corrected chi connectivity index (χ0v) is 9.59. The fourth-order valence-corrected chi connectivity index (χ4v) is 1.46. The lowest BCUT2D eigenvalue weighted by Gasteiger charge is -2.11. The normalized spacial score (nSPS) is 12.8. The molecule has 0 heterocycles. The van der Waals surface area contributed by atoms with Gasteiger partial charge in [0.1, 0.15) is 0 Å². The first-order valence-electron chi connectivity index (χ1n) is 5.27. The highest BCUT2D eigenvalue weighted by Gasteiger charge is 2.03. The Kier molecular flexibility index (Phi) is 5.35. The fourth-order valence-electron chi connectivity index (χ4n) is 1.46. The van der Waals surface area contributed by atoms with Crippen LogP contribution in [-0.4, -0.2) is 20.3 Å². The van der Waals surface area contributed by atoms with Crippen LogP contribution in [0.3, 0.4) is 0 Å². The molecule has 1 N–H and O–H groups in total. The number of halogens is 2. The third kappa shape index (κ3) is 4.24. The van der Waals surface area contributed by atoms with Gasteiger partial charge >= 0.3 is 0 Å². The summed E-state index contributed by atoms with van der Waals surface area (Å²) in [6, 6.07) is 3.93. The van der Waals surface area contributed by atoms with Gasteiger partial charge in [-0.05, 0) is 23.6 Å². The SMILES string of the molecule is COCC(C)CNCc1ccc(F)c(F)c1. The van der Waals surface area contributed by atoms with Gasteiger partial charge in [0.2, 0.25) is 0 Å². The lowest BCUT2D eigenvalue weighted by atomic mass is 10.2. The molecule has 16 heavy (non-hydrogen) atoms. The molecule has 90 valence electrons. The maximum atomic E-state index is 12.9. The van der Waals surface area contributed by atoms with E-state index in [1.54, 1.807) is 13.2 Å². The largest absolute Gasteiger partial charge is 0.384 e. The summed E-state index contributed by atoms with van der Waals surface area (Å²) in [5.41, 5.74) is 0.739. The third-order valence-electron chi connectivity index (χ3n) is 2.26. The second kappa shape index (κ2) is 6.55. The molecular formula is C12H17F2NO. The Hall–Kier alpha value is -1.00. The quantitative estimate of drug-likeness (QED) is 0.808. The second-order valence-corrected chi connectivity index (χ2v) is 3.94. The second-order valence-electron chi connectivity index (χ2n) is 3.94. The molecular weight excluding hydrogens is 212 g/mol. The lowest BCUT2D eigenvalue weighted by molar-refractivity contribution is 0.158. The van der Waals surface area contributed by atoms with Gasteiger partial charge < -0.3 is 10.1 Å². The van der Waals surface area contributed by atoms with Crippen molar-refractivity contribution in [2.75, 3.05) is 20.3 Å². The fraction of sp³-hybridized carbons (Fsp3) is 0.500. The van der Waals surface area contributed by atoms with Crippen molar-refractivity contribution in [1.29, 1.82) is 0 Å². The van der Waals surface area contributed by atoms with Crippen molar-refractivity contribution >= 4 is 0 Å². The van der Waals surface area contributed by atoms with Crippen LogP contribution >= 0.6 is 0 Å². The van der Waals surface area contributed by atoms with Gasteiger partial charge in [-0.25, -0.2) is 8.78 Å². The van der Waals surface area contributed by atoms with Gasteiger partial charge in [-0.1, -0.05) is 13.0 Å².